The second-order valence-electron chi connectivity index (χ2n) is 5.74. The minimum absolute atomic E-state index is 0.0657. The summed E-state index contributed by atoms with van der Waals surface area (Å²) in [4.78, 5) is 12.1. The van der Waals surface area contributed by atoms with Crippen LogP contribution in [0.3, 0.4) is 0 Å². The van der Waals surface area contributed by atoms with Gasteiger partial charge in [0.15, 0.2) is 0 Å². The zero-order valence-corrected chi connectivity index (χ0v) is 14.3. The van der Waals surface area contributed by atoms with E-state index in [-0.39, 0.29) is 26.4 Å². The Morgan fingerprint density at radius 1 is 1.00 bits per heavy atom. The molecule has 0 fully saturated rings. The van der Waals surface area contributed by atoms with E-state index in [9.17, 15) is 4.79 Å². The third-order valence-electron chi connectivity index (χ3n) is 3.98. The zero-order chi connectivity index (χ0) is 18.2. The summed E-state index contributed by atoms with van der Waals surface area (Å²) in [5.74, 6) is 6.36. The van der Waals surface area contributed by atoms with Crippen molar-refractivity contribution in [2.45, 2.75) is 12.5 Å². The molecule has 0 radical (unpaired) electrons. The Kier molecular flexibility index (Phi) is 6.26. The van der Waals surface area contributed by atoms with Crippen LogP contribution < -0.4 is 0 Å². The van der Waals surface area contributed by atoms with Crippen LogP contribution in [0, 0.1) is 11.8 Å². The highest BCUT2D eigenvalue weighted by molar-refractivity contribution is 5.61. The van der Waals surface area contributed by atoms with Crippen molar-refractivity contribution in [3.8, 4) is 11.8 Å². The van der Waals surface area contributed by atoms with Crippen molar-refractivity contribution in [1.82, 2.24) is 0 Å². The Labute approximate surface area is 152 Å². The molecule has 5 nitrogen and oxygen atoms in total. The van der Waals surface area contributed by atoms with E-state index in [4.69, 9.17) is 19.3 Å². The van der Waals surface area contributed by atoms with Crippen LogP contribution in [-0.4, -0.2) is 37.7 Å². The molecule has 0 bridgehead atoms. The van der Waals surface area contributed by atoms with Gasteiger partial charge in [0.05, 0.1) is 19.8 Å². The van der Waals surface area contributed by atoms with Gasteiger partial charge in [-0.1, -0.05) is 48.2 Å². The highest BCUT2D eigenvalue weighted by Crippen LogP contribution is 2.28. The molecule has 1 aliphatic rings. The van der Waals surface area contributed by atoms with Gasteiger partial charge in [0, 0.05) is 23.1 Å². The van der Waals surface area contributed by atoms with Crippen molar-refractivity contribution in [3.05, 3.63) is 70.8 Å². The third-order valence-corrected chi connectivity index (χ3v) is 3.98. The Balaban J connectivity index is 1.74. The van der Waals surface area contributed by atoms with E-state index in [0.717, 1.165) is 22.3 Å². The highest BCUT2D eigenvalue weighted by Gasteiger charge is 2.23. The van der Waals surface area contributed by atoms with Crippen molar-refractivity contribution >= 4 is 6.16 Å². The smallest absolute Gasteiger partial charge is 0.432 e. The number of hydrogen-bond acceptors (Lipinski definition) is 5. The first-order valence-electron chi connectivity index (χ1n) is 8.49. The van der Waals surface area contributed by atoms with Crippen LogP contribution in [0.5, 0.6) is 0 Å². The summed E-state index contributed by atoms with van der Waals surface area (Å²) in [5, 5.41) is 8.65. The predicted molar refractivity (Wildman–Crippen MR) is 95.6 cm³/mol. The molecule has 0 aromatic heterocycles. The standard InChI is InChI=1S/C21H20O5/c22-11-12-24-13-14-25-21(23)26-20-15-18-7-2-1-5-16(18)9-10-17-6-3-4-8-19(17)20/h1-8,20,22H,11-15H2. The number of ether oxygens (including phenoxy) is 3. The van der Waals surface area contributed by atoms with E-state index < -0.39 is 12.3 Å². The lowest BCUT2D eigenvalue weighted by atomic mass is 9.92. The lowest BCUT2D eigenvalue weighted by Gasteiger charge is -2.21. The fraction of sp³-hybridized carbons (Fsp3) is 0.286. The fourth-order valence-corrected chi connectivity index (χ4v) is 2.76. The first-order valence-corrected chi connectivity index (χ1v) is 8.49. The molecule has 134 valence electrons. The molecule has 1 aliphatic carbocycles. The number of hydrogen-bond donors (Lipinski definition) is 1. The maximum Gasteiger partial charge on any atom is 0.508 e. The third kappa shape index (κ3) is 4.63. The number of aliphatic hydroxyl groups excluding tert-OH is 1. The average Bonchev–Trinajstić information content (AvgIpc) is 2.65. The molecule has 2 aromatic carbocycles. The Morgan fingerprint density at radius 2 is 1.73 bits per heavy atom. The molecule has 0 amide bonds. The SMILES string of the molecule is O=C(OCCOCCO)OC1Cc2ccccc2C#Cc2ccccc21. The van der Waals surface area contributed by atoms with Gasteiger partial charge < -0.3 is 19.3 Å². The topological polar surface area (TPSA) is 65.0 Å². The summed E-state index contributed by atoms with van der Waals surface area (Å²) in [6, 6.07) is 15.5. The van der Waals surface area contributed by atoms with Gasteiger partial charge >= 0.3 is 6.16 Å². The van der Waals surface area contributed by atoms with E-state index in [2.05, 4.69) is 11.8 Å². The van der Waals surface area contributed by atoms with Crippen molar-refractivity contribution in [2.24, 2.45) is 0 Å². The van der Waals surface area contributed by atoms with Gasteiger partial charge in [-0.15, -0.1) is 0 Å². The van der Waals surface area contributed by atoms with E-state index >= 15 is 0 Å². The fourth-order valence-electron chi connectivity index (χ4n) is 2.76. The first kappa shape index (κ1) is 18.0. The van der Waals surface area contributed by atoms with Crippen LogP contribution in [0.1, 0.15) is 28.4 Å². The van der Waals surface area contributed by atoms with Crippen molar-refractivity contribution in [2.75, 3.05) is 26.4 Å². The molecule has 0 heterocycles. The van der Waals surface area contributed by atoms with E-state index in [0.29, 0.717) is 6.42 Å². The predicted octanol–water partition coefficient (Wildman–Crippen LogP) is 2.85. The molecule has 0 saturated carbocycles. The molecule has 1 N–H and O–H groups in total. The van der Waals surface area contributed by atoms with E-state index in [1.807, 2.05) is 48.5 Å². The minimum Gasteiger partial charge on any atom is -0.432 e. The summed E-state index contributed by atoms with van der Waals surface area (Å²) >= 11 is 0. The molecule has 1 unspecified atom stereocenters. The molecule has 5 heteroatoms. The van der Waals surface area contributed by atoms with Gasteiger partial charge in [-0.3, -0.25) is 0 Å². The van der Waals surface area contributed by atoms with E-state index in [1.54, 1.807) is 0 Å². The second kappa shape index (κ2) is 9.04. The minimum atomic E-state index is -0.747. The average molecular weight is 352 g/mol. The number of rotatable bonds is 6. The lowest BCUT2D eigenvalue weighted by molar-refractivity contribution is 0.000869. The summed E-state index contributed by atoms with van der Waals surface area (Å²) in [7, 11) is 0. The monoisotopic (exact) mass is 352 g/mol. The van der Waals surface area contributed by atoms with Gasteiger partial charge in [-0.05, 0) is 17.7 Å². The zero-order valence-electron chi connectivity index (χ0n) is 14.3. The molecule has 2 aromatic rings. The van der Waals surface area contributed by atoms with Gasteiger partial charge in [-0.25, -0.2) is 4.79 Å². The van der Waals surface area contributed by atoms with Crippen LogP contribution in [0.2, 0.25) is 0 Å². The van der Waals surface area contributed by atoms with Crippen LogP contribution in [-0.2, 0) is 20.6 Å². The number of benzene rings is 2. The van der Waals surface area contributed by atoms with Crippen molar-refractivity contribution in [3.63, 3.8) is 0 Å². The van der Waals surface area contributed by atoms with E-state index in [1.165, 1.54) is 0 Å². The van der Waals surface area contributed by atoms with Gasteiger partial charge in [-0.2, -0.15) is 0 Å². The van der Waals surface area contributed by atoms with Crippen LogP contribution in [0.15, 0.2) is 48.5 Å². The molecule has 3 rings (SSSR count). The molecule has 0 spiro atoms. The summed E-state index contributed by atoms with van der Waals surface area (Å²) in [5.41, 5.74) is 3.66. The quantitative estimate of drug-likeness (QED) is 0.492. The maximum absolute atomic E-state index is 12.1. The van der Waals surface area contributed by atoms with Crippen molar-refractivity contribution < 1.29 is 24.1 Å². The largest absolute Gasteiger partial charge is 0.508 e. The molecule has 0 saturated heterocycles. The molecule has 1 atom stereocenters. The van der Waals surface area contributed by atoms with Gasteiger partial charge in [0.25, 0.3) is 0 Å². The Morgan fingerprint density at radius 3 is 2.58 bits per heavy atom. The maximum atomic E-state index is 12.1. The lowest BCUT2D eigenvalue weighted by Crippen LogP contribution is -2.19. The van der Waals surface area contributed by atoms with Crippen LogP contribution in [0.25, 0.3) is 0 Å². The number of aliphatic hydroxyl groups is 1. The highest BCUT2D eigenvalue weighted by atomic mass is 16.7. The van der Waals surface area contributed by atoms with Gasteiger partial charge in [0.1, 0.15) is 12.7 Å². The molecule has 26 heavy (non-hydrogen) atoms. The molecule has 0 aliphatic heterocycles. The normalized spacial score (nSPS) is 14.7. The Bertz CT molecular complexity index is 818. The van der Waals surface area contributed by atoms with Crippen molar-refractivity contribution in [1.29, 1.82) is 0 Å². The summed E-state index contributed by atoms with van der Waals surface area (Å²) in [6.45, 7) is 0.433. The summed E-state index contributed by atoms with van der Waals surface area (Å²) in [6.07, 6.45) is -0.700. The summed E-state index contributed by atoms with van der Waals surface area (Å²) < 4.78 is 15.7. The second-order valence-corrected chi connectivity index (χ2v) is 5.74. The van der Waals surface area contributed by atoms with Gasteiger partial charge in [0.2, 0.25) is 0 Å². The number of fused-ring (bicyclic) bond motifs is 2. The number of carbonyl (C=O) groups is 1. The Hall–Kier alpha value is -2.81. The molecular weight excluding hydrogens is 332 g/mol. The number of carbonyl (C=O) groups excluding carboxylic acids is 1. The molecular formula is C21H20O5. The van der Waals surface area contributed by atoms with Crippen LogP contribution in [0.4, 0.5) is 4.79 Å². The van der Waals surface area contributed by atoms with Crippen LogP contribution >= 0.6 is 0 Å². The first-order chi connectivity index (χ1) is 12.8.